The zero-order chi connectivity index (χ0) is 23.6. The van der Waals surface area contributed by atoms with Crippen LogP contribution in [0.15, 0.2) is 58.8 Å². The van der Waals surface area contributed by atoms with Crippen molar-refractivity contribution in [1.29, 1.82) is 0 Å². The Morgan fingerprint density at radius 1 is 1.18 bits per heavy atom. The Morgan fingerprint density at radius 3 is 2.55 bits per heavy atom. The number of thiazole rings is 1. The van der Waals surface area contributed by atoms with Crippen LogP contribution in [0.1, 0.15) is 12.8 Å². The number of carbonyl (C=O) groups excluding carboxylic acids is 1. The number of rotatable bonds is 6. The number of hydrogen-bond donors (Lipinski definition) is 1. The molecule has 4 rings (SSSR count). The maximum Gasteiger partial charge on any atom is 0.270 e. The summed E-state index contributed by atoms with van der Waals surface area (Å²) in [6.07, 6.45) is 0.685. The van der Waals surface area contributed by atoms with Crippen LogP contribution in [0.5, 0.6) is 0 Å². The fourth-order valence-corrected chi connectivity index (χ4v) is 5.76. The van der Waals surface area contributed by atoms with Gasteiger partial charge < -0.3 is 5.32 Å². The standard InChI is InChI=1S/C21H19FN4O5S2/c22-16-4-6-18(7-5-16)33(30,31)25-10-8-14(9-11-25)20(27)24-21-23-19(13-32-21)15-2-1-3-17(12-15)26(28)29/h1-7,12-14H,8-11H2,(H,23,24,27). The van der Waals surface area contributed by atoms with Gasteiger partial charge in [-0.1, -0.05) is 12.1 Å². The molecule has 0 aliphatic carbocycles. The van der Waals surface area contributed by atoms with Crippen LogP contribution < -0.4 is 5.32 Å². The lowest BCUT2D eigenvalue weighted by molar-refractivity contribution is -0.384. The molecule has 1 fully saturated rings. The molecular weight excluding hydrogens is 471 g/mol. The molecule has 2 heterocycles. The van der Waals surface area contributed by atoms with Crippen molar-refractivity contribution in [2.24, 2.45) is 5.92 Å². The van der Waals surface area contributed by atoms with Crippen LogP contribution in [-0.2, 0) is 14.8 Å². The van der Waals surface area contributed by atoms with Crippen molar-refractivity contribution in [3.05, 3.63) is 69.8 Å². The number of benzene rings is 2. The zero-order valence-corrected chi connectivity index (χ0v) is 18.8. The molecule has 1 aliphatic heterocycles. The maximum atomic E-state index is 13.1. The average molecular weight is 491 g/mol. The normalized spacial score (nSPS) is 15.3. The molecule has 1 aliphatic rings. The molecule has 1 amide bonds. The number of sulfonamides is 1. The van der Waals surface area contributed by atoms with Gasteiger partial charge in [0.2, 0.25) is 15.9 Å². The first-order valence-electron chi connectivity index (χ1n) is 10.0. The van der Waals surface area contributed by atoms with E-state index in [1.165, 1.54) is 39.9 Å². The van der Waals surface area contributed by atoms with Crippen LogP contribution in [0.3, 0.4) is 0 Å². The SMILES string of the molecule is O=C(Nc1nc(-c2cccc([N+](=O)[O-])c2)cs1)C1CCN(S(=O)(=O)c2ccc(F)cc2)CC1. The number of anilines is 1. The van der Waals surface area contributed by atoms with E-state index in [2.05, 4.69) is 10.3 Å². The summed E-state index contributed by atoms with van der Waals surface area (Å²) in [7, 11) is -3.75. The molecule has 0 unspecified atom stereocenters. The second-order valence-corrected chi connectivity index (χ2v) is 10.3. The number of halogens is 1. The van der Waals surface area contributed by atoms with Crippen LogP contribution in [0.4, 0.5) is 15.2 Å². The molecule has 9 nitrogen and oxygen atoms in total. The number of aromatic nitrogens is 1. The van der Waals surface area contributed by atoms with Crippen molar-refractivity contribution < 1.29 is 22.5 Å². The topological polar surface area (TPSA) is 123 Å². The molecular formula is C21H19FN4O5S2. The van der Waals surface area contributed by atoms with Crippen LogP contribution in [-0.4, -0.2) is 41.6 Å². The first kappa shape index (κ1) is 23.0. The molecule has 33 heavy (non-hydrogen) atoms. The molecule has 0 atom stereocenters. The fourth-order valence-electron chi connectivity index (χ4n) is 3.56. The van der Waals surface area contributed by atoms with Gasteiger partial charge in [-0.15, -0.1) is 11.3 Å². The van der Waals surface area contributed by atoms with E-state index in [0.717, 1.165) is 12.1 Å². The Bertz CT molecular complexity index is 1290. The second-order valence-electron chi connectivity index (χ2n) is 7.47. The van der Waals surface area contributed by atoms with Crippen molar-refractivity contribution in [3.63, 3.8) is 0 Å². The number of non-ortho nitro benzene ring substituents is 1. The number of nitro benzene ring substituents is 1. The predicted octanol–water partition coefficient (Wildman–Crippen LogP) is 3.90. The van der Waals surface area contributed by atoms with Gasteiger partial charge in [0.25, 0.3) is 5.69 Å². The second kappa shape index (κ2) is 9.33. The summed E-state index contributed by atoms with van der Waals surface area (Å²) in [5, 5.41) is 15.8. The van der Waals surface area contributed by atoms with Gasteiger partial charge in [-0.25, -0.2) is 17.8 Å². The Morgan fingerprint density at radius 2 is 1.88 bits per heavy atom. The third-order valence-electron chi connectivity index (χ3n) is 5.36. The molecule has 0 saturated carbocycles. The van der Waals surface area contributed by atoms with E-state index < -0.39 is 20.8 Å². The molecule has 3 aromatic rings. The van der Waals surface area contributed by atoms with Crippen molar-refractivity contribution in [2.45, 2.75) is 17.7 Å². The quantitative estimate of drug-likeness (QED) is 0.413. The number of carbonyl (C=O) groups is 1. The highest BCUT2D eigenvalue weighted by Gasteiger charge is 2.32. The fraction of sp³-hybridized carbons (Fsp3) is 0.238. The van der Waals surface area contributed by atoms with Crippen molar-refractivity contribution in [1.82, 2.24) is 9.29 Å². The van der Waals surface area contributed by atoms with Gasteiger partial charge in [0.15, 0.2) is 5.13 Å². The Kier molecular flexibility index (Phi) is 6.49. The maximum absolute atomic E-state index is 13.1. The van der Waals surface area contributed by atoms with Gasteiger partial charge >= 0.3 is 0 Å². The summed E-state index contributed by atoms with van der Waals surface area (Å²) >= 11 is 1.20. The monoisotopic (exact) mass is 490 g/mol. The first-order chi connectivity index (χ1) is 15.7. The summed E-state index contributed by atoms with van der Waals surface area (Å²) in [5.74, 6) is -1.15. The van der Waals surface area contributed by atoms with Crippen LogP contribution in [0, 0.1) is 21.8 Å². The Labute approximate surface area is 193 Å². The van der Waals surface area contributed by atoms with Gasteiger partial charge in [-0.05, 0) is 37.1 Å². The lowest BCUT2D eigenvalue weighted by Gasteiger charge is -2.30. The number of nitrogens with one attached hydrogen (secondary N) is 1. The third kappa shape index (κ3) is 5.07. The van der Waals surface area contributed by atoms with Gasteiger partial charge in [-0.2, -0.15) is 4.31 Å². The number of piperidine rings is 1. The lowest BCUT2D eigenvalue weighted by Crippen LogP contribution is -2.41. The number of hydrogen-bond acceptors (Lipinski definition) is 7. The smallest absolute Gasteiger partial charge is 0.270 e. The van der Waals surface area contributed by atoms with E-state index in [0.29, 0.717) is 29.2 Å². The molecule has 12 heteroatoms. The van der Waals surface area contributed by atoms with Gasteiger partial charge in [0.1, 0.15) is 5.82 Å². The molecule has 1 saturated heterocycles. The highest BCUT2D eigenvalue weighted by atomic mass is 32.2. The molecule has 1 N–H and O–H groups in total. The van der Waals surface area contributed by atoms with Crippen molar-refractivity contribution >= 4 is 38.1 Å². The summed E-state index contributed by atoms with van der Waals surface area (Å²) in [5.41, 5.74) is 1.04. The van der Waals surface area contributed by atoms with Gasteiger partial charge in [0.05, 0.1) is 15.5 Å². The molecule has 1 aromatic heterocycles. The van der Waals surface area contributed by atoms with Gasteiger partial charge in [-0.3, -0.25) is 14.9 Å². The largest absolute Gasteiger partial charge is 0.302 e. The summed E-state index contributed by atoms with van der Waals surface area (Å²) in [4.78, 5) is 27.5. The van der Waals surface area contributed by atoms with Crippen LogP contribution >= 0.6 is 11.3 Å². The van der Waals surface area contributed by atoms with E-state index in [1.807, 2.05) is 0 Å². The minimum atomic E-state index is -3.75. The Balaban J connectivity index is 1.37. The van der Waals surface area contributed by atoms with Crippen LogP contribution in [0.2, 0.25) is 0 Å². The number of nitrogens with zero attached hydrogens (tertiary/aromatic N) is 3. The number of nitro groups is 1. The highest BCUT2D eigenvalue weighted by molar-refractivity contribution is 7.89. The lowest BCUT2D eigenvalue weighted by atomic mass is 9.97. The summed E-state index contributed by atoms with van der Waals surface area (Å²) in [6.45, 7) is 0.350. The minimum Gasteiger partial charge on any atom is -0.302 e. The zero-order valence-electron chi connectivity index (χ0n) is 17.2. The predicted molar refractivity (Wildman–Crippen MR) is 121 cm³/mol. The van der Waals surface area contributed by atoms with E-state index in [9.17, 15) is 27.7 Å². The molecule has 172 valence electrons. The summed E-state index contributed by atoms with van der Waals surface area (Å²) < 4.78 is 39.8. The van der Waals surface area contributed by atoms with E-state index in [1.54, 1.807) is 17.5 Å². The third-order valence-corrected chi connectivity index (χ3v) is 8.03. The van der Waals surface area contributed by atoms with Crippen LogP contribution in [0.25, 0.3) is 11.3 Å². The molecule has 2 aromatic carbocycles. The molecule has 0 spiro atoms. The van der Waals surface area contributed by atoms with Gasteiger partial charge in [0, 0.05) is 42.1 Å². The van der Waals surface area contributed by atoms with Crippen molar-refractivity contribution in [2.75, 3.05) is 18.4 Å². The Hall–Kier alpha value is -3.22. The first-order valence-corrected chi connectivity index (χ1v) is 12.3. The van der Waals surface area contributed by atoms with E-state index in [4.69, 9.17) is 0 Å². The molecule has 0 radical (unpaired) electrons. The summed E-state index contributed by atoms with van der Waals surface area (Å²) in [6, 6.07) is 10.7. The van der Waals surface area contributed by atoms with E-state index in [-0.39, 0.29) is 35.5 Å². The molecule has 0 bridgehead atoms. The average Bonchev–Trinajstić information content (AvgIpc) is 3.28. The minimum absolute atomic E-state index is 0.0169. The number of amides is 1. The van der Waals surface area contributed by atoms with Crippen molar-refractivity contribution in [3.8, 4) is 11.3 Å². The highest BCUT2D eigenvalue weighted by Crippen LogP contribution is 2.29. The van der Waals surface area contributed by atoms with E-state index >= 15 is 0 Å².